The van der Waals surface area contributed by atoms with Crippen LogP contribution in [-0.2, 0) is 57.1 Å². The Kier molecular flexibility index (Phi) is 25.2. The van der Waals surface area contributed by atoms with Gasteiger partial charge in [-0.3, -0.25) is 0 Å². The normalized spacial score (nSPS) is 31.5. The van der Waals surface area contributed by atoms with Crippen molar-refractivity contribution in [3.63, 3.8) is 0 Å². The molecule has 8 aromatic rings. The number of ether oxygens (including phenoxy) is 12. The third-order valence-electron chi connectivity index (χ3n) is 36.7. The van der Waals surface area contributed by atoms with Gasteiger partial charge in [-0.1, -0.05) is 76.2 Å². The van der Waals surface area contributed by atoms with Crippen LogP contribution in [0.4, 0.5) is 0 Å². The number of carbonyl (C=O) groups excluding carboxylic acids is 8. The fourth-order valence-corrected chi connectivity index (χ4v) is 31.3. The van der Waals surface area contributed by atoms with Gasteiger partial charge >= 0.3 is 47.8 Å². The molecule has 0 saturated heterocycles. The van der Waals surface area contributed by atoms with Crippen LogP contribution in [0.5, 0.6) is 46.0 Å². The summed E-state index contributed by atoms with van der Waals surface area (Å²) in [5.41, 5.74) is 1.39. The van der Waals surface area contributed by atoms with Crippen molar-refractivity contribution in [1.29, 1.82) is 0 Å². The zero-order chi connectivity index (χ0) is 97.3. The Balaban J connectivity index is 0.687. The molecule has 16 fully saturated rings. The van der Waals surface area contributed by atoms with Crippen molar-refractivity contribution in [3.8, 4) is 46.0 Å². The van der Waals surface area contributed by atoms with Gasteiger partial charge in [-0.15, -0.1) is 0 Å². The summed E-state index contributed by atoms with van der Waals surface area (Å²) in [6, 6.07) is 38.5. The minimum atomic E-state index is -1.19. The van der Waals surface area contributed by atoms with Gasteiger partial charge in [0.25, 0.3) is 0 Å². The second kappa shape index (κ2) is 37.4. The number of esters is 8. The van der Waals surface area contributed by atoms with Crippen LogP contribution in [-0.4, -0.2) is 145 Å². The number of benzene rings is 8. The second-order valence-corrected chi connectivity index (χ2v) is 43.5. The van der Waals surface area contributed by atoms with Crippen LogP contribution in [0.25, 0.3) is 0 Å². The molecule has 4 N–H and O–H groups in total. The van der Waals surface area contributed by atoms with E-state index in [4.69, 9.17) is 56.8 Å². The smallest absolute Gasteiger partial charge is 0.344 e. The van der Waals surface area contributed by atoms with Crippen LogP contribution < -0.4 is 18.9 Å². The molecule has 17 aliphatic rings. The molecule has 4 unspecified atom stereocenters. The highest BCUT2D eigenvalue weighted by atomic mass is 16.6. The highest BCUT2D eigenvalue weighted by molar-refractivity contribution is 5.93. The molecular weight excluding hydrogens is 1780 g/mol. The molecule has 8 aromatic carbocycles. The molecule has 0 aliphatic heterocycles. The highest BCUT2D eigenvalue weighted by Crippen LogP contribution is 2.66. The Morgan fingerprint density at radius 3 is 0.557 bits per heavy atom. The summed E-state index contributed by atoms with van der Waals surface area (Å²) in [6.07, 6.45) is 23.6. The second-order valence-electron chi connectivity index (χ2n) is 43.5. The standard InChI is InChI=1S/C116H128O24/c1-9-113(77-33-61-29-62(35-77)36-78(113)34-61)137-101(121)57-133-109(125)73-21-13-69(14-22-73)105-85-49-90(98(130-6)53-93(85)117)107(71-17-25-75(26-18-71)111(127)135-59-103(123)139-115(11-3)81-41-65-31-66(43-81)44-82(115)42-65)87-51-92(100(132-8)55-95(87)119)108(72-19-27-76(28-20-72)112(128)136-60-104(124)140-116(12-4)83-45-67-32-68(47-83)48-84(116)46-67)88-52-91(99(131-7)56-96(88)120)106(86-50-89(105)97(129-5)54-94(86)118)70-15-23-74(24-16-70)110(126)134-58-102(122)138-114(10-2)79-37-63-30-64(39-79)40-80(114)38-63/h13-28,49-56,61-68,77-84,105-108,117-120H,9-12,29-48,57-60H2,1-8H3. The van der Waals surface area contributed by atoms with Crippen molar-refractivity contribution in [2.45, 2.75) is 228 Å². The van der Waals surface area contributed by atoms with Crippen molar-refractivity contribution in [3.05, 3.63) is 235 Å². The van der Waals surface area contributed by atoms with Crippen LogP contribution in [0.2, 0.25) is 0 Å². The van der Waals surface area contributed by atoms with E-state index in [1.54, 1.807) is 121 Å². The number of phenolic OH excluding ortho intramolecular Hbond substituents is 4. The van der Waals surface area contributed by atoms with Gasteiger partial charge in [0, 0.05) is 92.4 Å². The van der Waals surface area contributed by atoms with Crippen LogP contribution in [0.3, 0.4) is 0 Å². The van der Waals surface area contributed by atoms with Gasteiger partial charge in [-0.2, -0.15) is 0 Å². The van der Waals surface area contributed by atoms with Gasteiger partial charge < -0.3 is 77.3 Å². The molecule has 736 valence electrons. The molecule has 25 rings (SSSR count). The molecule has 16 saturated carbocycles. The number of aromatic hydroxyl groups is 4. The predicted octanol–water partition coefficient (Wildman–Crippen LogP) is 20.8. The van der Waals surface area contributed by atoms with Crippen LogP contribution in [0, 0.1) is 94.7 Å². The van der Waals surface area contributed by atoms with Crippen molar-refractivity contribution in [2.24, 2.45) is 94.7 Å². The summed E-state index contributed by atoms with van der Waals surface area (Å²) in [6.45, 7) is 5.76. The van der Waals surface area contributed by atoms with E-state index in [0.717, 1.165) is 103 Å². The molecule has 0 radical (unpaired) electrons. The van der Waals surface area contributed by atoms with Gasteiger partial charge in [0.2, 0.25) is 0 Å². The first kappa shape index (κ1) is 94.2. The SMILES string of the molecule is CCC1(OC(=O)COC(=O)c2ccc(C3c4cc(c(OC)cc4O)C(c4ccc(C(=O)OCC(=O)OC5(CC)C6CC7CC(C6)CC5C7)cc4)c4cc(c(OC)cc4O)C(c4ccc(C(=O)OCC(=O)OC5(CC)C6CC7CC(C6)CC5C7)cc4)c4cc(c(OC)cc4O)C(c4ccc(C(=O)OCC(=O)OC5(CC)C6CC7CC(C6)CC5C7)cc4)c4cc3c(OC)cc4O)cc2)C2CC3CC(C2)CC1C3. The first-order chi connectivity index (χ1) is 67.6. The molecule has 0 heterocycles. The van der Waals surface area contributed by atoms with E-state index in [9.17, 15) is 58.8 Å². The number of methoxy groups -OCH3 is 4. The molecule has 17 aliphatic carbocycles. The van der Waals surface area contributed by atoms with E-state index in [0.29, 0.717) is 118 Å². The van der Waals surface area contributed by atoms with Crippen LogP contribution in [0.15, 0.2) is 146 Å². The van der Waals surface area contributed by atoms with E-state index >= 15 is 0 Å². The first-order valence-electron chi connectivity index (χ1n) is 51.2. The monoisotopic (exact) mass is 1900 g/mol. The van der Waals surface area contributed by atoms with Gasteiger partial charge in [-0.25, -0.2) is 38.4 Å². The minimum Gasteiger partial charge on any atom is -0.507 e. The first-order valence-corrected chi connectivity index (χ1v) is 51.2. The van der Waals surface area contributed by atoms with Crippen LogP contribution >= 0.6 is 0 Å². The fourth-order valence-electron chi connectivity index (χ4n) is 31.3. The van der Waals surface area contributed by atoms with Crippen LogP contribution in [0.1, 0.15) is 314 Å². The number of carbonyl (C=O) groups is 8. The van der Waals surface area contributed by atoms with E-state index < -0.39 is 120 Å². The molecule has 0 aromatic heterocycles. The van der Waals surface area contributed by atoms with Gasteiger partial charge in [0.1, 0.15) is 68.4 Å². The predicted molar refractivity (Wildman–Crippen MR) is 514 cm³/mol. The van der Waals surface area contributed by atoms with Crippen molar-refractivity contribution >= 4 is 47.8 Å². The minimum absolute atomic E-state index is 0.0700. The molecule has 0 spiro atoms. The number of fused-ring (bicyclic) bond motifs is 8. The Bertz CT molecular complexity index is 5290. The average Bonchev–Trinajstić information content (AvgIpc) is 0.732. The lowest BCUT2D eigenvalue weighted by Crippen LogP contribution is -2.59. The summed E-state index contributed by atoms with van der Waals surface area (Å²) in [7, 11) is 5.71. The third kappa shape index (κ3) is 16.6. The fraction of sp³-hybridized carbons (Fsp3) is 0.517. The van der Waals surface area contributed by atoms with E-state index in [-0.39, 0.29) is 138 Å². The summed E-state index contributed by atoms with van der Waals surface area (Å²) >= 11 is 0. The van der Waals surface area contributed by atoms with Gasteiger partial charge in [-0.05, 0) is 344 Å². The van der Waals surface area contributed by atoms with E-state index in [2.05, 4.69) is 27.7 Å². The maximum Gasteiger partial charge on any atom is 0.344 e. The number of hydrogen-bond acceptors (Lipinski definition) is 24. The number of hydrogen-bond donors (Lipinski definition) is 4. The van der Waals surface area contributed by atoms with Gasteiger partial charge in [0.15, 0.2) is 26.4 Å². The highest BCUT2D eigenvalue weighted by Gasteiger charge is 2.63. The lowest BCUT2D eigenvalue weighted by molar-refractivity contribution is -0.213. The number of rotatable bonds is 28. The summed E-state index contributed by atoms with van der Waals surface area (Å²) in [5.74, 6) is -4.50. The maximum absolute atomic E-state index is 14.5. The molecule has 4 atom stereocenters. The molecule has 24 heteroatoms. The maximum atomic E-state index is 14.5. The molecular formula is C116H128O24. The zero-order valence-corrected chi connectivity index (χ0v) is 81.2. The molecule has 140 heavy (non-hydrogen) atoms. The summed E-state index contributed by atoms with van der Waals surface area (Å²) < 4.78 is 74.9. The summed E-state index contributed by atoms with van der Waals surface area (Å²) in [5, 5.41) is 53.2. The number of phenols is 4. The lowest BCUT2D eigenvalue weighted by atomic mass is 9.49. The third-order valence-corrected chi connectivity index (χ3v) is 36.7. The molecule has 24 bridgehead atoms. The quantitative estimate of drug-likeness (QED) is 0.0261. The lowest BCUT2D eigenvalue weighted by Gasteiger charge is -2.60. The topological polar surface area (TPSA) is 328 Å². The zero-order valence-electron chi connectivity index (χ0n) is 81.2. The molecule has 0 amide bonds. The Hall–Kier alpha value is -12.1. The Morgan fingerprint density at radius 1 is 0.243 bits per heavy atom. The largest absolute Gasteiger partial charge is 0.507 e. The van der Waals surface area contributed by atoms with E-state index in [1.807, 2.05) is 0 Å². The average molecular weight is 1910 g/mol. The van der Waals surface area contributed by atoms with Gasteiger partial charge in [0.05, 0.1) is 50.7 Å². The Morgan fingerprint density at radius 2 is 0.407 bits per heavy atom. The molecule has 24 nitrogen and oxygen atoms in total. The Labute approximate surface area is 816 Å². The summed E-state index contributed by atoms with van der Waals surface area (Å²) in [4.78, 5) is 114. The van der Waals surface area contributed by atoms with Crippen molar-refractivity contribution < 1.29 is 116 Å². The van der Waals surface area contributed by atoms with Crippen molar-refractivity contribution in [2.75, 3.05) is 54.9 Å². The van der Waals surface area contributed by atoms with E-state index in [1.165, 1.54) is 78.4 Å². The van der Waals surface area contributed by atoms with Crippen molar-refractivity contribution in [1.82, 2.24) is 0 Å².